The number of nitrogens with two attached hydrogens (primary N) is 1. The molecule has 0 saturated carbocycles. The van der Waals surface area contributed by atoms with Crippen LogP contribution in [0.3, 0.4) is 0 Å². The minimum Gasteiger partial charge on any atom is -0.496 e. The molecule has 2 aromatic rings. The van der Waals surface area contributed by atoms with E-state index in [2.05, 4.69) is 17.5 Å². The smallest absolute Gasteiger partial charge is 0.121 e. The van der Waals surface area contributed by atoms with Gasteiger partial charge in [-0.05, 0) is 46.5 Å². The van der Waals surface area contributed by atoms with Gasteiger partial charge >= 0.3 is 0 Å². The highest BCUT2D eigenvalue weighted by atomic mass is 32.1. The van der Waals surface area contributed by atoms with Gasteiger partial charge in [0.05, 0.1) is 13.2 Å². The summed E-state index contributed by atoms with van der Waals surface area (Å²) >= 11 is 1.67. The van der Waals surface area contributed by atoms with Crippen molar-refractivity contribution in [3.63, 3.8) is 0 Å². The van der Waals surface area contributed by atoms with E-state index in [9.17, 15) is 0 Å². The van der Waals surface area contributed by atoms with Crippen LogP contribution in [0, 0.1) is 6.92 Å². The van der Waals surface area contributed by atoms with Crippen LogP contribution in [0.5, 0.6) is 5.75 Å². The summed E-state index contributed by atoms with van der Waals surface area (Å²) in [6.45, 7) is 2.03. The molecule has 1 atom stereocenters. The van der Waals surface area contributed by atoms with Gasteiger partial charge in [-0.1, -0.05) is 12.1 Å². The maximum absolute atomic E-state index is 6.19. The highest BCUT2D eigenvalue weighted by Gasteiger charge is 2.10. The molecule has 2 rings (SSSR count). The Morgan fingerprint density at radius 3 is 2.62 bits per heavy atom. The molecule has 0 radical (unpaired) electrons. The molecule has 2 nitrogen and oxygen atoms in total. The van der Waals surface area contributed by atoms with Gasteiger partial charge in [0, 0.05) is 0 Å². The molecule has 1 heterocycles. The first-order valence-corrected chi connectivity index (χ1v) is 6.09. The second kappa shape index (κ2) is 4.68. The molecule has 2 N–H and O–H groups in total. The third-order valence-electron chi connectivity index (χ3n) is 2.68. The molecule has 0 saturated heterocycles. The molecule has 0 aliphatic heterocycles. The number of hydrogen-bond acceptors (Lipinski definition) is 3. The first-order chi connectivity index (χ1) is 7.72. The Balaban J connectivity index is 2.31. The fourth-order valence-corrected chi connectivity index (χ4v) is 2.44. The Labute approximate surface area is 99.7 Å². The van der Waals surface area contributed by atoms with Gasteiger partial charge < -0.3 is 10.5 Å². The van der Waals surface area contributed by atoms with Crippen LogP contribution in [0.25, 0.3) is 0 Å². The topological polar surface area (TPSA) is 35.2 Å². The van der Waals surface area contributed by atoms with Crippen LogP contribution < -0.4 is 10.5 Å². The standard InChI is InChI=1S/C13H15NOS/c1-9-7-10(3-4-12(9)15-2)13(14)11-5-6-16-8-11/h3-8,13H,14H2,1-2H3/t13-/m0/s1. The number of ether oxygens (including phenoxy) is 1. The molecular weight excluding hydrogens is 218 g/mol. The van der Waals surface area contributed by atoms with Crippen LogP contribution >= 0.6 is 11.3 Å². The van der Waals surface area contributed by atoms with Gasteiger partial charge in [-0.25, -0.2) is 0 Å². The average molecular weight is 233 g/mol. The molecule has 0 aliphatic carbocycles. The van der Waals surface area contributed by atoms with Crippen molar-refractivity contribution in [1.29, 1.82) is 0 Å². The summed E-state index contributed by atoms with van der Waals surface area (Å²) in [6.07, 6.45) is 0. The van der Waals surface area contributed by atoms with Crippen molar-refractivity contribution in [3.8, 4) is 5.75 Å². The predicted molar refractivity (Wildman–Crippen MR) is 68.1 cm³/mol. The van der Waals surface area contributed by atoms with Crippen LogP contribution in [0.4, 0.5) is 0 Å². The molecule has 0 aliphatic rings. The first-order valence-electron chi connectivity index (χ1n) is 5.14. The summed E-state index contributed by atoms with van der Waals surface area (Å²) in [6, 6.07) is 8.09. The quantitative estimate of drug-likeness (QED) is 0.884. The van der Waals surface area contributed by atoms with Crippen molar-refractivity contribution in [3.05, 3.63) is 51.7 Å². The van der Waals surface area contributed by atoms with Gasteiger partial charge in [0.15, 0.2) is 0 Å². The summed E-state index contributed by atoms with van der Waals surface area (Å²) in [5, 5.41) is 4.13. The van der Waals surface area contributed by atoms with E-state index in [1.165, 1.54) is 0 Å². The molecule has 1 aromatic carbocycles. The van der Waals surface area contributed by atoms with E-state index in [0.29, 0.717) is 0 Å². The van der Waals surface area contributed by atoms with E-state index in [4.69, 9.17) is 10.5 Å². The number of methoxy groups -OCH3 is 1. The van der Waals surface area contributed by atoms with Gasteiger partial charge in [0.25, 0.3) is 0 Å². The Kier molecular flexibility index (Phi) is 3.27. The summed E-state index contributed by atoms with van der Waals surface area (Å²) < 4.78 is 5.23. The SMILES string of the molecule is COc1ccc([C@H](N)c2ccsc2)cc1C. The second-order valence-corrected chi connectivity index (χ2v) is 4.54. The third-order valence-corrected chi connectivity index (χ3v) is 3.38. The maximum atomic E-state index is 6.19. The van der Waals surface area contributed by atoms with Crippen LogP contribution in [0.2, 0.25) is 0 Å². The fourth-order valence-electron chi connectivity index (χ4n) is 1.74. The molecule has 3 heteroatoms. The maximum Gasteiger partial charge on any atom is 0.121 e. The average Bonchev–Trinajstić information content (AvgIpc) is 2.81. The molecule has 0 amide bonds. The largest absolute Gasteiger partial charge is 0.496 e. The Morgan fingerprint density at radius 1 is 1.25 bits per heavy atom. The third kappa shape index (κ3) is 2.10. The van der Waals surface area contributed by atoms with Gasteiger partial charge in [0.1, 0.15) is 5.75 Å². The summed E-state index contributed by atoms with van der Waals surface area (Å²) in [7, 11) is 1.68. The Hall–Kier alpha value is -1.32. The monoisotopic (exact) mass is 233 g/mol. The number of aryl methyl sites for hydroxylation is 1. The fraction of sp³-hybridized carbons (Fsp3) is 0.231. The molecule has 1 aromatic heterocycles. The van der Waals surface area contributed by atoms with Crippen LogP contribution in [0.15, 0.2) is 35.0 Å². The first kappa shape index (κ1) is 11.2. The van der Waals surface area contributed by atoms with Gasteiger partial charge in [0.2, 0.25) is 0 Å². The number of hydrogen-bond donors (Lipinski definition) is 1. The number of rotatable bonds is 3. The number of thiophene rings is 1. The molecular formula is C13H15NOS. The zero-order chi connectivity index (χ0) is 11.5. The van der Waals surface area contributed by atoms with Crippen LogP contribution in [0.1, 0.15) is 22.7 Å². The zero-order valence-electron chi connectivity index (χ0n) is 9.44. The normalized spacial score (nSPS) is 12.4. The molecule has 0 spiro atoms. The lowest BCUT2D eigenvalue weighted by Crippen LogP contribution is -2.11. The van der Waals surface area contributed by atoms with Crippen molar-refractivity contribution in [1.82, 2.24) is 0 Å². The molecule has 0 unspecified atom stereocenters. The molecule has 0 fully saturated rings. The van der Waals surface area contributed by atoms with E-state index in [-0.39, 0.29) is 6.04 Å². The van der Waals surface area contributed by atoms with Crippen molar-refractivity contribution >= 4 is 11.3 Å². The van der Waals surface area contributed by atoms with E-state index >= 15 is 0 Å². The predicted octanol–water partition coefficient (Wildman–Crippen LogP) is 3.11. The highest BCUT2D eigenvalue weighted by molar-refractivity contribution is 7.08. The van der Waals surface area contributed by atoms with Crippen molar-refractivity contribution in [2.75, 3.05) is 7.11 Å². The van der Waals surface area contributed by atoms with E-state index in [1.54, 1.807) is 18.4 Å². The molecule has 16 heavy (non-hydrogen) atoms. The van der Waals surface area contributed by atoms with Gasteiger partial charge in [-0.2, -0.15) is 11.3 Å². The zero-order valence-corrected chi connectivity index (χ0v) is 10.3. The lowest BCUT2D eigenvalue weighted by molar-refractivity contribution is 0.411. The van der Waals surface area contributed by atoms with Crippen LogP contribution in [-0.2, 0) is 0 Å². The lowest BCUT2D eigenvalue weighted by Gasteiger charge is -2.13. The van der Waals surface area contributed by atoms with E-state index in [1.807, 2.05) is 24.4 Å². The Bertz CT molecular complexity index is 465. The summed E-state index contributed by atoms with van der Waals surface area (Å²) in [5.74, 6) is 0.904. The lowest BCUT2D eigenvalue weighted by atomic mass is 10.0. The van der Waals surface area contributed by atoms with Crippen molar-refractivity contribution in [2.24, 2.45) is 5.73 Å². The molecule has 0 bridgehead atoms. The van der Waals surface area contributed by atoms with Crippen molar-refractivity contribution < 1.29 is 4.74 Å². The minimum atomic E-state index is -0.0455. The van der Waals surface area contributed by atoms with Crippen molar-refractivity contribution in [2.45, 2.75) is 13.0 Å². The van der Waals surface area contributed by atoms with Crippen LogP contribution in [-0.4, -0.2) is 7.11 Å². The highest BCUT2D eigenvalue weighted by Crippen LogP contribution is 2.26. The number of benzene rings is 1. The van der Waals surface area contributed by atoms with E-state index < -0.39 is 0 Å². The summed E-state index contributed by atoms with van der Waals surface area (Å²) in [5.41, 5.74) is 9.59. The Morgan fingerprint density at radius 2 is 2.06 bits per heavy atom. The second-order valence-electron chi connectivity index (χ2n) is 3.76. The minimum absolute atomic E-state index is 0.0455. The van der Waals surface area contributed by atoms with Gasteiger partial charge in [-0.15, -0.1) is 0 Å². The van der Waals surface area contributed by atoms with Gasteiger partial charge in [-0.3, -0.25) is 0 Å². The summed E-state index contributed by atoms with van der Waals surface area (Å²) in [4.78, 5) is 0. The molecule has 84 valence electrons. The van der Waals surface area contributed by atoms with E-state index in [0.717, 1.165) is 22.4 Å².